The van der Waals surface area contributed by atoms with Crippen molar-refractivity contribution in [1.29, 1.82) is 0 Å². The molecule has 1 amide bonds. The first kappa shape index (κ1) is 17.8. The summed E-state index contributed by atoms with van der Waals surface area (Å²) in [5.74, 6) is 0.814. The molecule has 0 bridgehead atoms. The Morgan fingerprint density at radius 3 is 2.30 bits per heavy atom. The molecule has 9 heteroatoms. The molecule has 0 saturated heterocycles. The predicted molar refractivity (Wildman–Crippen MR) is 92.5 cm³/mol. The third-order valence-electron chi connectivity index (χ3n) is 2.54. The van der Waals surface area contributed by atoms with Crippen molar-refractivity contribution in [2.24, 2.45) is 5.73 Å². The Balaban J connectivity index is 1.85. The maximum Gasteiger partial charge on any atom is 0.227 e. The van der Waals surface area contributed by atoms with E-state index in [4.69, 9.17) is 10.5 Å². The van der Waals surface area contributed by atoms with Crippen LogP contribution in [0.3, 0.4) is 0 Å². The second-order valence-corrected chi connectivity index (χ2v) is 7.68. The van der Waals surface area contributed by atoms with E-state index in [2.05, 4.69) is 10.2 Å². The number of primary amides is 1. The lowest BCUT2D eigenvalue weighted by atomic mass is 10.1. The number of hydrogen-bond donors (Lipinski definition) is 1. The number of ether oxygens (including phenoxy) is 1. The van der Waals surface area contributed by atoms with Gasteiger partial charge in [-0.3, -0.25) is 9.59 Å². The summed E-state index contributed by atoms with van der Waals surface area (Å²) in [6.07, 6.45) is 0. The van der Waals surface area contributed by atoms with Gasteiger partial charge in [0.05, 0.1) is 18.1 Å². The molecule has 2 aromatic rings. The summed E-state index contributed by atoms with van der Waals surface area (Å²) in [5, 5.41) is 7.93. The molecule has 0 spiro atoms. The monoisotopic (exact) mass is 369 g/mol. The van der Waals surface area contributed by atoms with Crippen molar-refractivity contribution >= 4 is 46.6 Å². The second kappa shape index (κ2) is 8.90. The highest BCUT2D eigenvalue weighted by molar-refractivity contribution is 8.03. The van der Waals surface area contributed by atoms with Gasteiger partial charge in [-0.05, 0) is 31.2 Å². The molecule has 1 aromatic heterocycles. The van der Waals surface area contributed by atoms with Gasteiger partial charge in [-0.2, -0.15) is 0 Å². The summed E-state index contributed by atoms with van der Waals surface area (Å²) in [4.78, 5) is 22.9. The molecule has 2 rings (SSSR count). The highest BCUT2D eigenvalue weighted by Gasteiger charge is 2.11. The Labute approximate surface area is 146 Å². The number of nitrogens with two attached hydrogens (primary N) is 1. The number of amides is 1. The third kappa shape index (κ3) is 5.85. The average Bonchev–Trinajstić information content (AvgIpc) is 2.99. The number of benzene rings is 1. The lowest BCUT2D eigenvalue weighted by Gasteiger charge is -2.03. The van der Waals surface area contributed by atoms with Gasteiger partial charge in [0.25, 0.3) is 0 Å². The Morgan fingerprint density at radius 2 is 1.74 bits per heavy atom. The van der Waals surface area contributed by atoms with Crippen LogP contribution in [0.4, 0.5) is 0 Å². The van der Waals surface area contributed by atoms with Crippen LogP contribution in [-0.2, 0) is 4.79 Å². The quantitative estimate of drug-likeness (QED) is 0.536. The second-order valence-electron chi connectivity index (χ2n) is 4.26. The van der Waals surface area contributed by atoms with Crippen molar-refractivity contribution in [2.45, 2.75) is 15.6 Å². The van der Waals surface area contributed by atoms with Crippen LogP contribution in [-0.4, -0.2) is 40.0 Å². The zero-order valence-corrected chi connectivity index (χ0v) is 14.8. The molecule has 6 nitrogen and oxygen atoms in total. The summed E-state index contributed by atoms with van der Waals surface area (Å²) in [7, 11) is 0. The van der Waals surface area contributed by atoms with Gasteiger partial charge >= 0.3 is 0 Å². The van der Waals surface area contributed by atoms with Crippen molar-refractivity contribution in [3.63, 3.8) is 0 Å². The van der Waals surface area contributed by atoms with E-state index in [0.717, 1.165) is 5.75 Å². The Hall–Kier alpha value is -1.58. The predicted octanol–water partition coefficient (Wildman–Crippen LogP) is 2.49. The van der Waals surface area contributed by atoms with Crippen LogP contribution in [0.25, 0.3) is 0 Å². The smallest absolute Gasteiger partial charge is 0.227 e. The van der Waals surface area contributed by atoms with Crippen LogP contribution in [0.1, 0.15) is 17.3 Å². The van der Waals surface area contributed by atoms with Crippen molar-refractivity contribution in [3.05, 3.63) is 29.8 Å². The lowest BCUT2D eigenvalue weighted by molar-refractivity contribution is -0.115. The molecular weight excluding hydrogens is 354 g/mol. The van der Waals surface area contributed by atoms with Gasteiger partial charge in [0, 0.05) is 5.56 Å². The van der Waals surface area contributed by atoms with E-state index in [1.807, 2.05) is 6.92 Å². The van der Waals surface area contributed by atoms with Crippen LogP contribution < -0.4 is 10.5 Å². The molecule has 0 aliphatic rings. The maximum atomic E-state index is 12.1. The van der Waals surface area contributed by atoms with E-state index < -0.39 is 5.91 Å². The zero-order chi connectivity index (χ0) is 16.7. The fourth-order valence-corrected chi connectivity index (χ4v) is 4.21. The van der Waals surface area contributed by atoms with Gasteiger partial charge in [-0.15, -0.1) is 10.2 Å². The van der Waals surface area contributed by atoms with Crippen LogP contribution in [0.15, 0.2) is 32.9 Å². The van der Waals surface area contributed by atoms with Crippen molar-refractivity contribution < 1.29 is 14.3 Å². The van der Waals surface area contributed by atoms with E-state index in [9.17, 15) is 9.59 Å². The van der Waals surface area contributed by atoms with Crippen LogP contribution >= 0.6 is 34.9 Å². The van der Waals surface area contributed by atoms with Gasteiger partial charge in [-0.25, -0.2) is 0 Å². The number of thioether (sulfide) groups is 2. The lowest BCUT2D eigenvalue weighted by Crippen LogP contribution is -2.12. The van der Waals surface area contributed by atoms with Crippen LogP contribution in [0.2, 0.25) is 0 Å². The molecule has 0 atom stereocenters. The first-order valence-corrected chi connectivity index (χ1v) is 9.50. The third-order valence-corrected chi connectivity index (χ3v) is 5.75. The number of carbonyl (C=O) groups is 2. The van der Waals surface area contributed by atoms with Gasteiger partial charge in [0.2, 0.25) is 5.91 Å². The van der Waals surface area contributed by atoms with Crippen molar-refractivity contribution in [1.82, 2.24) is 10.2 Å². The zero-order valence-electron chi connectivity index (χ0n) is 12.4. The Morgan fingerprint density at radius 1 is 1.13 bits per heavy atom. The molecule has 122 valence electrons. The minimum Gasteiger partial charge on any atom is -0.494 e. The Kier molecular flexibility index (Phi) is 6.87. The molecule has 0 unspecified atom stereocenters. The average molecular weight is 369 g/mol. The van der Waals surface area contributed by atoms with Gasteiger partial charge < -0.3 is 10.5 Å². The number of carbonyl (C=O) groups excluding carboxylic acids is 2. The summed E-state index contributed by atoms with van der Waals surface area (Å²) < 4.78 is 6.70. The van der Waals surface area contributed by atoms with E-state index in [1.165, 1.54) is 34.9 Å². The Bertz CT molecular complexity index is 673. The topological polar surface area (TPSA) is 95.2 Å². The first-order chi connectivity index (χ1) is 11.1. The number of nitrogens with zero attached hydrogens (tertiary/aromatic N) is 2. The maximum absolute atomic E-state index is 12.1. The van der Waals surface area contributed by atoms with E-state index in [0.29, 0.717) is 20.8 Å². The van der Waals surface area contributed by atoms with Crippen LogP contribution in [0, 0.1) is 0 Å². The minimum absolute atomic E-state index is 0.0135. The summed E-state index contributed by atoms with van der Waals surface area (Å²) in [6.45, 7) is 2.50. The molecule has 23 heavy (non-hydrogen) atoms. The summed E-state index contributed by atoms with van der Waals surface area (Å²) >= 11 is 3.92. The normalized spacial score (nSPS) is 10.5. The highest BCUT2D eigenvalue weighted by Crippen LogP contribution is 2.29. The fourth-order valence-electron chi connectivity index (χ4n) is 1.56. The molecule has 0 fully saturated rings. The molecule has 0 aliphatic carbocycles. The molecule has 1 aromatic carbocycles. The van der Waals surface area contributed by atoms with E-state index in [-0.39, 0.29) is 17.3 Å². The number of aromatic nitrogens is 2. The summed E-state index contributed by atoms with van der Waals surface area (Å²) in [5.41, 5.74) is 5.71. The molecule has 1 heterocycles. The number of Topliss-reactive ketones (excluding diaryl/α,β-unsaturated/α-hetero) is 1. The SMILES string of the molecule is CCOc1ccc(C(=O)CSc2nnc(SCC(N)=O)s2)cc1. The van der Waals surface area contributed by atoms with E-state index >= 15 is 0 Å². The first-order valence-electron chi connectivity index (χ1n) is 6.72. The van der Waals surface area contributed by atoms with Crippen molar-refractivity contribution in [2.75, 3.05) is 18.1 Å². The molecule has 2 N–H and O–H groups in total. The summed E-state index contributed by atoms with van der Waals surface area (Å²) in [6, 6.07) is 7.07. The van der Waals surface area contributed by atoms with Gasteiger partial charge in [0.15, 0.2) is 14.5 Å². The van der Waals surface area contributed by atoms with E-state index in [1.54, 1.807) is 24.3 Å². The van der Waals surface area contributed by atoms with Gasteiger partial charge in [0.1, 0.15) is 5.75 Å². The number of hydrogen-bond acceptors (Lipinski definition) is 8. The molecule has 0 aliphatic heterocycles. The fraction of sp³-hybridized carbons (Fsp3) is 0.286. The number of rotatable bonds is 9. The minimum atomic E-state index is -0.398. The molecular formula is C14H15N3O3S3. The standard InChI is InChI=1S/C14H15N3O3S3/c1-2-20-10-5-3-9(4-6-10)11(18)7-21-13-16-17-14(23-13)22-8-12(15)19/h3-6H,2,7-8H2,1H3,(H2,15,19). The molecule has 0 radical (unpaired) electrons. The highest BCUT2D eigenvalue weighted by atomic mass is 32.2. The van der Waals surface area contributed by atoms with Crippen LogP contribution in [0.5, 0.6) is 5.75 Å². The largest absolute Gasteiger partial charge is 0.494 e. The number of ketones is 1. The van der Waals surface area contributed by atoms with Gasteiger partial charge in [-0.1, -0.05) is 34.9 Å². The van der Waals surface area contributed by atoms with Crippen molar-refractivity contribution in [3.8, 4) is 5.75 Å². The molecule has 0 saturated carbocycles.